The molecular weight excluding hydrogens is 231 g/mol. The first-order valence-electron chi connectivity index (χ1n) is 5.98. The lowest BCUT2D eigenvalue weighted by Crippen LogP contribution is -2.46. The molecule has 0 saturated carbocycles. The molecule has 1 amide bonds. The van der Waals surface area contributed by atoms with E-state index in [0.717, 1.165) is 0 Å². The molecule has 1 N–H and O–H groups in total. The number of hydrogen-bond acceptors (Lipinski definition) is 2. The second-order valence-corrected chi connectivity index (χ2v) is 4.32. The molecule has 1 aromatic rings. The van der Waals surface area contributed by atoms with Crippen LogP contribution in [0.2, 0.25) is 0 Å². The van der Waals surface area contributed by atoms with E-state index in [2.05, 4.69) is 11.4 Å². The maximum absolute atomic E-state index is 13.1. The van der Waals surface area contributed by atoms with Crippen LogP contribution in [-0.4, -0.2) is 11.4 Å². The van der Waals surface area contributed by atoms with E-state index >= 15 is 0 Å². The molecule has 1 rings (SSSR count). The highest BCUT2D eigenvalue weighted by Crippen LogP contribution is 2.16. The molecule has 0 aliphatic rings. The molecule has 0 aromatic heterocycles. The van der Waals surface area contributed by atoms with E-state index in [1.165, 1.54) is 18.2 Å². The second kappa shape index (κ2) is 5.63. The van der Waals surface area contributed by atoms with Gasteiger partial charge in [0.05, 0.1) is 6.07 Å². The van der Waals surface area contributed by atoms with Gasteiger partial charge in [0.25, 0.3) is 5.91 Å². The van der Waals surface area contributed by atoms with Crippen LogP contribution in [0.1, 0.15) is 42.6 Å². The SMILES string of the molecule is CCC(C#N)(CC)NC(=O)c1ccc(F)c(C)c1. The number of benzene rings is 1. The standard InChI is InChI=1S/C14H17FN2O/c1-4-14(5-2,9-16)17-13(18)11-6-7-12(15)10(3)8-11/h6-8H,4-5H2,1-3H3,(H,17,18). The van der Waals surface area contributed by atoms with Crippen molar-refractivity contribution in [1.29, 1.82) is 5.26 Å². The van der Waals surface area contributed by atoms with Gasteiger partial charge in [-0.2, -0.15) is 5.26 Å². The Bertz CT molecular complexity index is 487. The summed E-state index contributed by atoms with van der Waals surface area (Å²) >= 11 is 0. The van der Waals surface area contributed by atoms with E-state index < -0.39 is 5.54 Å². The Morgan fingerprint density at radius 2 is 2.06 bits per heavy atom. The molecule has 96 valence electrons. The number of nitriles is 1. The Hall–Kier alpha value is -1.89. The number of rotatable bonds is 4. The molecule has 0 fully saturated rings. The van der Waals surface area contributed by atoms with Gasteiger partial charge in [0.1, 0.15) is 11.4 Å². The topological polar surface area (TPSA) is 52.9 Å². The van der Waals surface area contributed by atoms with Crippen molar-refractivity contribution in [2.45, 2.75) is 39.2 Å². The van der Waals surface area contributed by atoms with Crippen molar-refractivity contribution in [3.05, 3.63) is 35.1 Å². The Kier molecular flexibility index (Phi) is 4.43. The molecular formula is C14H17FN2O. The van der Waals surface area contributed by atoms with Gasteiger partial charge in [0.2, 0.25) is 0 Å². The van der Waals surface area contributed by atoms with E-state index in [9.17, 15) is 9.18 Å². The van der Waals surface area contributed by atoms with Gasteiger partial charge in [-0.3, -0.25) is 4.79 Å². The first kappa shape index (κ1) is 14.2. The van der Waals surface area contributed by atoms with Crippen molar-refractivity contribution in [2.24, 2.45) is 0 Å². The van der Waals surface area contributed by atoms with Crippen LogP contribution < -0.4 is 5.32 Å². The molecule has 0 spiro atoms. The average molecular weight is 248 g/mol. The number of carbonyl (C=O) groups excluding carboxylic acids is 1. The number of aryl methyl sites for hydroxylation is 1. The van der Waals surface area contributed by atoms with Gasteiger partial charge < -0.3 is 5.32 Å². The highest BCUT2D eigenvalue weighted by Gasteiger charge is 2.28. The molecule has 0 heterocycles. The average Bonchev–Trinajstić information content (AvgIpc) is 2.39. The number of carbonyl (C=O) groups is 1. The summed E-state index contributed by atoms with van der Waals surface area (Å²) in [6, 6.07) is 6.30. The van der Waals surface area contributed by atoms with Crippen LogP contribution >= 0.6 is 0 Å². The van der Waals surface area contributed by atoms with Crippen LogP contribution in [0, 0.1) is 24.1 Å². The molecule has 3 nitrogen and oxygen atoms in total. The van der Waals surface area contributed by atoms with Crippen molar-refractivity contribution in [1.82, 2.24) is 5.32 Å². The summed E-state index contributed by atoms with van der Waals surface area (Å²) in [6.45, 7) is 5.30. The predicted octanol–water partition coefficient (Wildman–Crippen LogP) is 2.95. The van der Waals surface area contributed by atoms with Crippen LogP contribution in [0.5, 0.6) is 0 Å². The maximum atomic E-state index is 13.1. The third kappa shape index (κ3) is 2.86. The van der Waals surface area contributed by atoms with Crippen molar-refractivity contribution in [2.75, 3.05) is 0 Å². The number of hydrogen-bond donors (Lipinski definition) is 1. The molecule has 0 unspecified atom stereocenters. The Labute approximate surface area is 107 Å². The van der Waals surface area contributed by atoms with Gasteiger partial charge >= 0.3 is 0 Å². The molecule has 0 atom stereocenters. The summed E-state index contributed by atoms with van der Waals surface area (Å²) < 4.78 is 13.1. The summed E-state index contributed by atoms with van der Waals surface area (Å²) in [7, 11) is 0. The minimum atomic E-state index is -0.848. The normalized spacial score (nSPS) is 10.8. The third-order valence-corrected chi connectivity index (χ3v) is 3.19. The zero-order valence-electron chi connectivity index (χ0n) is 10.9. The zero-order valence-corrected chi connectivity index (χ0v) is 10.9. The fourth-order valence-electron chi connectivity index (χ4n) is 1.69. The fraction of sp³-hybridized carbons (Fsp3) is 0.429. The second-order valence-electron chi connectivity index (χ2n) is 4.32. The van der Waals surface area contributed by atoms with Gasteiger partial charge in [-0.05, 0) is 43.5 Å². The number of nitrogens with one attached hydrogen (secondary N) is 1. The lowest BCUT2D eigenvalue weighted by Gasteiger charge is -2.24. The number of halogens is 1. The third-order valence-electron chi connectivity index (χ3n) is 3.19. The van der Waals surface area contributed by atoms with E-state index in [4.69, 9.17) is 5.26 Å². The van der Waals surface area contributed by atoms with E-state index in [1.807, 2.05) is 13.8 Å². The highest BCUT2D eigenvalue weighted by molar-refractivity contribution is 5.95. The summed E-state index contributed by atoms with van der Waals surface area (Å²) in [5.41, 5.74) is -0.0621. The monoisotopic (exact) mass is 248 g/mol. The molecule has 18 heavy (non-hydrogen) atoms. The van der Waals surface area contributed by atoms with E-state index in [1.54, 1.807) is 6.92 Å². The molecule has 4 heteroatoms. The van der Waals surface area contributed by atoms with Gasteiger partial charge in [-0.1, -0.05) is 13.8 Å². The summed E-state index contributed by atoms with van der Waals surface area (Å²) in [4.78, 5) is 12.0. The molecule has 0 aliphatic heterocycles. The number of amides is 1. The minimum absolute atomic E-state index is 0.343. The molecule has 1 aromatic carbocycles. The van der Waals surface area contributed by atoms with Crippen LogP contribution in [0.25, 0.3) is 0 Å². The lowest BCUT2D eigenvalue weighted by molar-refractivity contribution is 0.0915. The highest BCUT2D eigenvalue weighted by atomic mass is 19.1. The molecule has 0 bridgehead atoms. The van der Waals surface area contributed by atoms with Gasteiger partial charge in [-0.25, -0.2) is 4.39 Å². The van der Waals surface area contributed by atoms with Crippen molar-refractivity contribution in [3.63, 3.8) is 0 Å². The lowest BCUT2D eigenvalue weighted by atomic mass is 9.94. The van der Waals surface area contributed by atoms with E-state index in [0.29, 0.717) is 24.0 Å². The van der Waals surface area contributed by atoms with E-state index in [-0.39, 0.29) is 11.7 Å². The summed E-state index contributed by atoms with van der Waals surface area (Å²) in [5.74, 6) is -0.688. The van der Waals surface area contributed by atoms with Crippen molar-refractivity contribution < 1.29 is 9.18 Å². The Morgan fingerprint density at radius 1 is 1.44 bits per heavy atom. The zero-order chi connectivity index (χ0) is 13.8. The minimum Gasteiger partial charge on any atom is -0.334 e. The largest absolute Gasteiger partial charge is 0.334 e. The van der Waals surface area contributed by atoms with Gasteiger partial charge in [-0.15, -0.1) is 0 Å². The van der Waals surface area contributed by atoms with Gasteiger partial charge in [0.15, 0.2) is 0 Å². The van der Waals surface area contributed by atoms with Crippen LogP contribution in [0.4, 0.5) is 4.39 Å². The molecule has 0 aliphatic carbocycles. The molecule has 0 saturated heterocycles. The van der Waals surface area contributed by atoms with Crippen LogP contribution in [0.15, 0.2) is 18.2 Å². The number of nitrogens with zero attached hydrogens (tertiary/aromatic N) is 1. The quantitative estimate of drug-likeness (QED) is 0.890. The first-order chi connectivity index (χ1) is 8.48. The smallest absolute Gasteiger partial charge is 0.252 e. The fourth-order valence-corrected chi connectivity index (χ4v) is 1.69. The summed E-state index contributed by atoms with van der Waals surface area (Å²) in [5, 5.41) is 11.9. The van der Waals surface area contributed by atoms with Crippen molar-refractivity contribution >= 4 is 5.91 Å². The Balaban J connectivity index is 2.95. The summed E-state index contributed by atoms with van der Waals surface area (Å²) in [6.07, 6.45) is 1.07. The van der Waals surface area contributed by atoms with Gasteiger partial charge in [0, 0.05) is 5.56 Å². The van der Waals surface area contributed by atoms with Crippen LogP contribution in [0.3, 0.4) is 0 Å². The van der Waals surface area contributed by atoms with Crippen molar-refractivity contribution in [3.8, 4) is 6.07 Å². The first-order valence-corrected chi connectivity index (χ1v) is 5.98. The van der Waals surface area contributed by atoms with Crippen LogP contribution in [-0.2, 0) is 0 Å². The maximum Gasteiger partial charge on any atom is 0.252 e. The predicted molar refractivity (Wildman–Crippen MR) is 67.5 cm³/mol. The Morgan fingerprint density at radius 3 is 2.50 bits per heavy atom. The molecule has 0 radical (unpaired) electrons.